The van der Waals surface area contributed by atoms with Crippen molar-refractivity contribution in [2.24, 2.45) is 11.3 Å². The fraction of sp³-hybridized carbons (Fsp3) is 1.00. The van der Waals surface area contributed by atoms with Crippen LogP contribution in [0.4, 0.5) is 0 Å². The second-order valence-electron chi connectivity index (χ2n) is 7.88. The number of hydrogen-bond acceptors (Lipinski definition) is 0. The SMILES string of the molecule is C[NH+]1CCC[NH+](C2CCC(C(C)(C)C)CC2)CC1. The minimum Gasteiger partial charge on any atom is -0.333 e. The van der Waals surface area contributed by atoms with Crippen LogP contribution in [-0.2, 0) is 0 Å². The van der Waals surface area contributed by atoms with Crippen LogP contribution in [0.2, 0.25) is 0 Å². The van der Waals surface area contributed by atoms with Gasteiger partial charge in [0.15, 0.2) is 0 Å². The molecule has 2 nitrogen and oxygen atoms in total. The lowest BCUT2D eigenvalue weighted by molar-refractivity contribution is -0.947. The van der Waals surface area contributed by atoms with Gasteiger partial charge in [0.25, 0.3) is 0 Å². The van der Waals surface area contributed by atoms with Crippen molar-refractivity contribution in [2.75, 3.05) is 33.2 Å². The molecule has 1 saturated heterocycles. The van der Waals surface area contributed by atoms with E-state index in [1.807, 2.05) is 4.90 Å². The van der Waals surface area contributed by atoms with Crippen LogP contribution in [-0.4, -0.2) is 39.3 Å². The summed E-state index contributed by atoms with van der Waals surface area (Å²) in [5.74, 6) is 0.966. The van der Waals surface area contributed by atoms with E-state index in [1.54, 1.807) is 4.90 Å². The van der Waals surface area contributed by atoms with E-state index in [2.05, 4.69) is 27.8 Å². The molecule has 2 rings (SSSR count). The van der Waals surface area contributed by atoms with E-state index in [0.717, 1.165) is 12.0 Å². The van der Waals surface area contributed by atoms with Gasteiger partial charge in [-0.15, -0.1) is 0 Å². The molecule has 18 heavy (non-hydrogen) atoms. The lowest BCUT2D eigenvalue weighted by atomic mass is 9.71. The number of nitrogens with one attached hydrogen (secondary N) is 2. The van der Waals surface area contributed by atoms with Crippen LogP contribution in [0.3, 0.4) is 0 Å². The van der Waals surface area contributed by atoms with Gasteiger partial charge in [0.1, 0.15) is 13.1 Å². The molecule has 0 amide bonds. The first kappa shape index (κ1) is 14.3. The average molecular weight is 254 g/mol. The van der Waals surface area contributed by atoms with Gasteiger partial charge in [-0.05, 0) is 37.0 Å². The van der Waals surface area contributed by atoms with Crippen molar-refractivity contribution in [1.82, 2.24) is 0 Å². The zero-order chi connectivity index (χ0) is 13.2. The third kappa shape index (κ3) is 3.71. The molecule has 0 aromatic heterocycles. The summed E-state index contributed by atoms with van der Waals surface area (Å²) in [6, 6.07) is 0.981. The van der Waals surface area contributed by atoms with Gasteiger partial charge in [-0.25, -0.2) is 0 Å². The molecule has 2 unspecified atom stereocenters. The molecule has 1 aliphatic carbocycles. The zero-order valence-corrected chi connectivity index (χ0v) is 13.0. The summed E-state index contributed by atoms with van der Waals surface area (Å²) >= 11 is 0. The predicted molar refractivity (Wildman–Crippen MR) is 77.1 cm³/mol. The lowest BCUT2D eigenvalue weighted by Gasteiger charge is -2.38. The first-order valence-corrected chi connectivity index (χ1v) is 8.12. The van der Waals surface area contributed by atoms with Crippen LogP contribution in [0.15, 0.2) is 0 Å². The fourth-order valence-corrected chi connectivity index (χ4v) is 4.02. The van der Waals surface area contributed by atoms with Crippen molar-refractivity contribution in [3.63, 3.8) is 0 Å². The maximum absolute atomic E-state index is 2.43. The Morgan fingerprint density at radius 2 is 1.50 bits per heavy atom. The van der Waals surface area contributed by atoms with Crippen molar-refractivity contribution < 1.29 is 9.80 Å². The minimum atomic E-state index is 0.531. The highest BCUT2D eigenvalue weighted by molar-refractivity contribution is 4.80. The van der Waals surface area contributed by atoms with Gasteiger partial charge >= 0.3 is 0 Å². The topological polar surface area (TPSA) is 8.88 Å². The molecule has 2 fully saturated rings. The summed E-state index contributed by atoms with van der Waals surface area (Å²) in [6.45, 7) is 12.9. The molecule has 0 bridgehead atoms. The van der Waals surface area contributed by atoms with E-state index in [0.29, 0.717) is 5.41 Å². The molecular formula is C16H34N2+2. The third-order valence-electron chi connectivity index (χ3n) is 5.50. The Labute approximate surface area is 114 Å². The van der Waals surface area contributed by atoms with Gasteiger partial charge in [0.05, 0.1) is 26.2 Å². The molecule has 1 aliphatic heterocycles. The smallest absolute Gasteiger partial charge is 0.127 e. The molecule has 2 atom stereocenters. The number of rotatable bonds is 1. The second kappa shape index (κ2) is 5.92. The Morgan fingerprint density at radius 3 is 2.11 bits per heavy atom. The Bertz CT molecular complexity index is 248. The van der Waals surface area contributed by atoms with Gasteiger partial charge in [-0.1, -0.05) is 20.8 Å². The van der Waals surface area contributed by atoms with E-state index >= 15 is 0 Å². The molecule has 1 saturated carbocycles. The average Bonchev–Trinajstić information content (AvgIpc) is 2.53. The van der Waals surface area contributed by atoms with Crippen molar-refractivity contribution in [2.45, 2.75) is 58.9 Å². The standard InChI is InChI=1S/C16H32N2/c1-16(2,3)14-6-8-15(9-7-14)18-11-5-10-17(4)12-13-18/h14-15H,5-13H2,1-4H3/p+2. The van der Waals surface area contributed by atoms with Crippen molar-refractivity contribution in [1.29, 1.82) is 0 Å². The fourth-order valence-electron chi connectivity index (χ4n) is 4.02. The zero-order valence-electron chi connectivity index (χ0n) is 13.0. The number of hydrogen-bond donors (Lipinski definition) is 2. The van der Waals surface area contributed by atoms with E-state index < -0.39 is 0 Å². The largest absolute Gasteiger partial charge is 0.333 e. The van der Waals surface area contributed by atoms with Crippen LogP contribution in [0.1, 0.15) is 52.9 Å². The second-order valence-corrected chi connectivity index (χ2v) is 7.88. The van der Waals surface area contributed by atoms with Gasteiger partial charge in [-0.3, -0.25) is 0 Å². The van der Waals surface area contributed by atoms with Crippen molar-refractivity contribution >= 4 is 0 Å². The maximum Gasteiger partial charge on any atom is 0.127 e. The highest BCUT2D eigenvalue weighted by Crippen LogP contribution is 2.37. The minimum absolute atomic E-state index is 0.531. The van der Waals surface area contributed by atoms with E-state index in [-0.39, 0.29) is 0 Å². The summed E-state index contributed by atoms with van der Waals surface area (Å²) < 4.78 is 0. The quantitative estimate of drug-likeness (QED) is 0.670. The molecule has 106 valence electrons. The summed E-state index contributed by atoms with van der Waals surface area (Å²) in [5, 5.41) is 0. The summed E-state index contributed by atoms with van der Waals surface area (Å²) in [7, 11) is 2.36. The molecule has 2 N–H and O–H groups in total. The van der Waals surface area contributed by atoms with Crippen LogP contribution < -0.4 is 9.80 Å². The molecular weight excluding hydrogens is 220 g/mol. The van der Waals surface area contributed by atoms with E-state index in [4.69, 9.17) is 0 Å². The number of likely N-dealkylation sites (N-methyl/N-ethyl adjacent to an activating group) is 1. The van der Waals surface area contributed by atoms with Crippen molar-refractivity contribution in [3.05, 3.63) is 0 Å². The van der Waals surface area contributed by atoms with Crippen LogP contribution in [0.25, 0.3) is 0 Å². The Kier molecular flexibility index (Phi) is 4.71. The Balaban J connectivity index is 1.82. The normalized spacial score (nSPS) is 39.3. The summed E-state index contributed by atoms with van der Waals surface area (Å²) in [5.41, 5.74) is 0.531. The molecule has 1 heterocycles. The predicted octanol–water partition coefficient (Wildman–Crippen LogP) is 0.395. The summed E-state index contributed by atoms with van der Waals surface area (Å²) in [6.07, 6.45) is 7.34. The monoisotopic (exact) mass is 254 g/mol. The molecule has 0 aromatic carbocycles. The van der Waals surface area contributed by atoms with Crippen LogP contribution >= 0.6 is 0 Å². The van der Waals surface area contributed by atoms with Crippen LogP contribution in [0, 0.1) is 11.3 Å². The van der Waals surface area contributed by atoms with Gasteiger partial charge < -0.3 is 9.80 Å². The third-order valence-corrected chi connectivity index (χ3v) is 5.50. The molecule has 0 radical (unpaired) electrons. The summed E-state index contributed by atoms with van der Waals surface area (Å²) in [4.78, 5) is 3.67. The highest BCUT2D eigenvalue weighted by atomic mass is 15.2. The van der Waals surface area contributed by atoms with Gasteiger partial charge in [-0.2, -0.15) is 0 Å². The van der Waals surface area contributed by atoms with Crippen molar-refractivity contribution in [3.8, 4) is 0 Å². The van der Waals surface area contributed by atoms with Gasteiger partial charge in [0.2, 0.25) is 0 Å². The molecule has 2 aliphatic rings. The molecule has 0 spiro atoms. The maximum atomic E-state index is 2.43. The lowest BCUT2D eigenvalue weighted by Crippen LogP contribution is -3.19. The van der Waals surface area contributed by atoms with E-state index in [9.17, 15) is 0 Å². The van der Waals surface area contributed by atoms with E-state index in [1.165, 1.54) is 58.3 Å². The first-order chi connectivity index (χ1) is 8.47. The Morgan fingerprint density at radius 1 is 0.833 bits per heavy atom. The number of quaternary nitrogens is 2. The Hall–Kier alpha value is -0.0800. The van der Waals surface area contributed by atoms with Gasteiger partial charge in [0, 0.05) is 6.42 Å². The molecule has 2 heteroatoms. The highest BCUT2D eigenvalue weighted by Gasteiger charge is 2.34. The van der Waals surface area contributed by atoms with Crippen LogP contribution in [0.5, 0.6) is 0 Å². The first-order valence-electron chi connectivity index (χ1n) is 8.12. The molecule has 0 aromatic rings.